The number of rotatable bonds is 8. The molecule has 43 heavy (non-hydrogen) atoms. The van der Waals surface area contributed by atoms with E-state index in [4.69, 9.17) is 15.7 Å². The summed E-state index contributed by atoms with van der Waals surface area (Å²) < 4.78 is 31.2. The Bertz CT molecular complexity index is 1730. The van der Waals surface area contributed by atoms with Crippen molar-refractivity contribution in [3.8, 4) is 16.9 Å². The molecule has 1 aliphatic rings. The number of carbonyl (C=O) groups is 1. The van der Waals surface area contributed by atoms with E-state index in [0.717, 1.165) is 47.9 Å². The number of hydrogen-bond acceptors (Lipinski definition) is 6. The molecule has 1 fully saturated rings. The number of pyridine rings is 1. The highest BCUT2D eigenvalue weighted by molar-refractivity contribution is 5.97. The second-order valence-corrected chi connectivity index (χ2v) is 12.7. The van der Waals surface area contributed by atoms with Crippen LogP contribution in [0.25, 0.3) is 28.0 Å². The first-order valence-corrected chi connectivity index (χ1v) is 14.7. The summed E-state index contributed by atoms with van der Waals surface area (Å²) in [4.78, 5) is 35.2. The number of piperidine rings is 1. The predicted octanol–water partition coefficient (Wildman–Crippen LogP) is 5.89. The number of aryl methyl sites for hydroxylation is 1. The maximum absolute atomic E-state index is 15.1. The van der Waals surface area contributed by atoms with E-state index in [2.05, 4.69) is 45.3 Å². The van der Waals surface area contributed by atoms with Crippen molar-refractivity contribution in [3.05, 3.63) is 81.6 Å². The van der Waals surface area contributed by atoms with E-state index in [1.807, 2.05) is 6.07 Å². The summed E-state index contributed by atoms with van der Waals surface area (Å²) in [6.07, 6.45) is 4.06. The first-order valence-electron chi connectivity index (χ1n) is 14.7. The van der Waals surface area contributed by atoms with Crippen molar-refractivity contribution in [2.75, 3.05) is 5.32 Å². The topological polar surface area (TPSA) is 115 Å². The molecular weight excluding hydrogens is 550 g/mol. The second kappa shape index (κ2) is 11.5. The third-order valence-corrected chi connectivity index (χ3v) is 7.88. The molecule has 0 bridgehead atoms. The van der Waals surface area contributed by atoms with Gasteiger partial charge in [0.2, 0.25) is 11.9 Å². The normalized spacial score (nSPS) is 16.3. The summed E-state index contributed by atoms with van der Waals surface area (Å²) >= 11 is 0. The van der Waals surface area contributed by atoms with E-state index in [0.29, 0.717) is 28.6 Å². The first kappa shape index (κ1) is 30.3. The number of nitrogens with two attached hydrogens (primary N) is 1. The van der Waals surface area contributed by atoms with Gasteiger partial charge in [0.15, 0.2) is 5.65 Å². The van der Waals surface area contributed by atoms with E-state index in [1.165, 1.54) is 12.1 Å². The number of primary amides is 1. The van der Waals surface area contributed by atoms with Crippen LogP contribution >= 0.6 is 0 Å². The smallest absolute Gasteiger partial charge is 0.256 e. The zero-order valence-electron chi connectivity index (χ0n) is 25.2. The largest absolute Gasteiger partial charge is 0.366 e. The van der Waals surface area contributed by atoms with E-state index in [-0.39, 0.29) is 28.7 Å². The molecule has 5 rings (SSSR count). The lowest BCUT2D eigenvalue weighted by Crippen LogP contribution is -2.60. The third kappa shape index (κ3) is 6.29. The molecule has 2 aromatic carbocycles. The summed E-state index contributed by atoms with van der Waals surface area (Å²) in [6.45, 7) is 10.6. The number of aromatic nitrogens is 3. The molecule has 0 aliphatic carbocycles. The van der Waals surface area contributed by atoms with Gasteiger partial charge in [0.05, 0.1) is 5.69 Å². The van der Waals surface area contributed by atoms with Crippen LogP contribution in [0.2, 0.25) is 0 Å². The van der Waals surface area contributed by atoms with Gasteiger partial charge in [-0.1, -0.05) is 25.5 Å². The van der Waals surface area contributed by atoms with Crippen LogP contribution in [0, 0.1) is 11.6 Å². The van der Waals surface area contributed by atoms with Gasteiger partial charge in [0.1, 0.15) is 17.3 Å². The van der Waals surface area contributed by atoms with Crippen LogP contribution in [0.5, 0.6) is 0 Å². The molecule has 0 unspecified atom stereocenters. The molecule has 4 aromatic rings. The molecular formula is C33H38F2N6O2. The van der Waals surface area contributed by atoms with Gasteiger partial charge < -0.3 is 16.4 Å². The maximum Gasteiger partial charge on any atom is 0.256 e. The van der Waals surface area contributed by atoms with Crippen LogP contribution in [0.4, 0.5) is 14.7 Å². The number of para-hydroxylation sites is 1. The van der Waals surface area contributed by atoms with Crippen molar-refractivity contribution >= 4 is 22.9 Å². The van der Waals surface area contributed by atoms with Gasteiger partial charge in [-0.15, -0.1) is 0 Å². The minimum absolute atomic E-state index is 0.0397. The van der Waals surface area contributed by atoms with Crippen molar-refractivity contribution in [1.29, 1.82) is 0 Å². The van der Waals surface area contributed by atoms with Crippen LogP contribution in [0.15, 0.2) is 53.3 Å². The first-order chi connectivity index (χ1) is 20.3. The van der Waals surface area contributed by atoms with Crippen LogP contribution in [0.3, 0.4) is 0 Å². The Morgan fingerprint density at radius 2 is 1.72 bits per heavy atom. The third-order valence-electron chi connectivity index (χ3n) is 7.88. The minimum atomic E-state index is -0.898. The quantitative estimate of drug-likeness (QED) is 0.237. The van der Waals surface area contributed by atoms with E-state index in [9.17, 15) is 9.59 Å². The zero-order valence-corrected chi connectivity index (χ0v) is 25.2. The van der Waals surface area contributed by atoms with E-state index in [1.54, 1.807) is 18.2 Å². The second-order valence-electron chi connectivity index (χ2n) is 12.7. The lowest BCUT2D eigenvalue weighted by molar-refractivity contribution is 0.1000. The average molecular weight is 589 g/mol. The van der Waals surface area contributed by atoms with Crippen molar-refractivity contribution in [1.82, 2.24) is 19.9 Å². The number of nitrogens with one attached hydrogen (secondary N) is 2. The summed E-state index contributed by atoms with van der Waals surface area (Å²) in [5.74, 6) is -2.18. The molecule has 4 N–H and O–H groups in total. The minimum Gasteiger partial charge on any atom is -0.366 e. The number of fused-ring (bicyclic) bond motifs is 1. The molecule has 8 nitrogen and oxygen atoms in total. The van der Waals surface area contributed by atoms with Crippen molar-refractivity contribution in [2.24, 2.45) is 5.73 Å². The number of anilines is 1. The Kier molecular flexibility index (Phi) is 8.09. The van der Waals surface area contributed by atoms with Crippen LogP contribution in [-0.4, -0.2) is 37.6 Å². The molecule has 1 amide bonds. The van der Waals surface area contributed by atoms with Gasteiger partial charge in [0.25, 0.3) is 5.56 Å². The van der Waals surface area contributed by atoms with E-state index < -0.39 is 28.8 Å². The van der Waals surface area contributed by atoms with Crippen molar-refractivity contribution < 1.29 is 13.6 Å². The molecule has 226 valence electrons. The lowest BCUT2D eigenvalue weighted by Gasteiger charge is -2.46. The van der Waals surface area contributed by atoms with Crippen molar-refractivity contribution in [2.45, 2.75) is 83.8 Å². The molecule has 0 saturated carbocycles. The number of amides is 1. The van der Waals surface area contributed by atoms with Gasteiger partial charge in [-0.25, -0.2) is 13.8 Å². The fourth-order valence-corrected chi connectivity index (χ4v) is 6.45. The number of halogens is 2. The van der Waals surface area contributed by atoms with Crippen LogP contribution in [-0.2, 0) is 6.42 Å². The van der Waals surface area contributed by atoms with Crippen LogP contribution < -0.4 is 21.9 Å². The molecule has 0 radical (unpaired) electrons. The van der Waals surface area contributed by atoms with Gasteiger partial charge >= 0.3 is 0 Å². The van der Waals surface area contributed by atoms with E-state index >= 15 is 8.78 Å². The SMILES string of the molecule is CCCCc1ccc(C(N)=O)cc1-c1nc(NC2CC(C)(C)NC(C)(C)C2)nc2c1ccc(=O)n2-c1c(F)cccc1F. The lowest BCUT2D eigenvalue weighted by atomic mass is 9.80. The predicted molar refractivity (Wildman–Crippen MR) is 166 cm³/mol. The fourth-order valence-electron chi connectivity index (χ4n) is 6.45. The monoisotopic (exact) mass is 588 g/mol. The number of hydrogen-bond donors (Lipinski definition) is 3. The van der Waals surface area contributed by atoms with Gasteiger partial charge in [0, 0.05) is 39.7 Å². The summed E-state index contributed by atoms with van der Waals surface area (Å²) in [5.41, 5.74) is 6.48. The molecule has 0 spiro atoms. The van der Waals surface area contributed by atoms with Gasteiger partial charge in [-0.3, -0.25) is 14.2 Å². The standard InChI is InChI=1S/C33H38F2N6O2/c1-6-7-9-19-12-13-20(29(36)43)16-23(19)27-22-14-15-26(42)41(28-24(34)10-8-11-25(28)35)30(22)39-31(38-27)37-21-17-32(2,3)40-33(4,5)18-21/h8,10-16,21,40H,6-7,9,17-18H2,1-5H3,(H2,36,43)(H,37,38,39). The zero-order chi connectivity index (χ0) is 31.1. The van der Waals surface area contributed by atoms with Gasteiger partial charge in [-0.05, 0) is 89.3 Å². The molecule has 1 aliphatic heterocycles. The van der Waals surface area contributed by atoms with Crippen molar-refractivity contribution in [3.63, 3.8) is 0 Å². The highest BCUT2D eigenvalue weighted by atomic mass is 19.1. The Labute approximate surface area is 249 Å². The summed E-state index contributed by atoms with van der Waals surface area (Å²) in [6, 6.07) is 11.4. The Hall–Kier alpha value is -4.18. The molecule has 3 heterocycles. The highest BCUT2D eigenvalue weighted by Crippen LogP contribution is 2.34. The number of carbonyl (C=O) groups excluding carboxylic acids is 1. The Morgan fingerprint density at radius 3 is 2.35 bits per heavy atom. The number of nitrogens with zero attached hydrogens (tertiary/aromatic N) is 3. The fraction of sp³-hybridized carbons (Fsp3) is 0.394. The highest BCUT2D eigenvalue weighted by Gasteiger charge is 2.38. The number of unbranched alkanes of at least 4 members (excludes halogenated alkanes) is 1. The van der Waals surface area contributed by atoms with Crippen LogP contribution in [0.1, 0.15) is 76.2 Å². The molecule has 1 saturated heterocycles. The maximum atomic E-state index is 15.1. The average Bonchev–Trinajstić information content (AvgIpc) is 2.90. The molecule has 10 heteroatoms. The molecule has 2 aromatic heterocycles. The molecule has 0 atom stereocenters. The summed E-state index contributed by atoms with van der Waals surface area (Å²) in [7, 11) is 0. The van der Waals surface area contributed by atoms with Gasteiger partial charge in [-0.2, -0.15) is 4.98 Å². The summed E-state index contributed by atoms with van der Waals surface area (Å²) in [5, 5.41) is 7.52. The number of benzene rings is 2. The Morgan fingerprint density at radius 1 is 1.05 bits per heavy atom. The Balaban J connectivity index is 1.81.